The largest absolute Gasteiger partial charge is 0.466 e. The molecule has 1 aliphatic heterocycles. The van der Waals surface area contributed by atoms with Gasteiger partial charge in [0.05, 0.1) is 13.0 Å². The zero-order chi connectivity index (χ0) is 14.7. The van der Waals surface area contributed by atoms with Gasteiger partial charge in [-0.25, -0.2) is 0 Å². The van der Waals surface area contributed by atoms with Crippen molar-refractivity contribution in [2.45, 2.75) is 23.1 Å². The van der Waals surface area contributed by atoms with Crippen LogP contribution in [0.1, 0.15) is 23.6 Å². The average molecular weight is 296 g/mol. The summed E-state index contributed by atoms with van der Waals surface area (Å²) < 4.78 is 5.00. The lowest BCUT2D eigenvalue weighted by atomic mass is 10.1. The van der Waals surface area contributed by atoms with Gasteiger partial charge in [-0.05, 0) is 35.7 Å². The van der Waals surface area contributed by atoms with Gasteiger partial charge < -0.3 is 4.74 Å². The molecule has 0 aliphatic carbocycles. The second-order valence-electron chi connectivity index (χ2n) is 4.83. The van der Waals surface area contributed by atoms with Crippen LogP contribution in [0.25, 0.3) is 12.2 Å². The van der Waals surface area contributed by atoms with Crippen molar-refractivity contribution in [3.05, 3.63) is 59.2 Å². The molecule has 106 valence electrons. The summed E-state index contributed by atoms with van der Waals surface area (Å²) in [5.41, 5.74) is 3.37. The standard InChI is InChI=1S/C18H16O2S/c1-2-20-18(19)12-13-7-10-17-15(11-13)9-8-14-5-3-4-6-16(14)21-17/h3-11H,2,12H2,1H3. The molecule has 0 unspecified atom stereocenters. The molecule has 3 rings (SSSR count). The topological polar surface area (TPSA) is 26.3 Å². The second-order valence-corrected chi connectivity index (χ2v) is 5.91. The summed E-state index contributed by atoms with van der Waals surface area (Å²) in [7, 11) is 0. The van der Waals surface area contributed by atoms with Gasteiger partial charge in [0.25, 0.3) is 0 Å². The highest BCUT2D eigenvalue weighted by Gasteiger charge is 2.11. The Morgan fingerprint density at radius 2 is 1.81 bits per heavy atom. The number of rotatable bonds is 3. The number of hydrogen-bond donors (Lipinski definition) is 0. The van der Waals surface area contributed by atoms with Crippen LogP contribution in [0.5, 0.6) is 0 Å². The fourth-order valence-electron chi connectivity index (χ4n) is 2.32. The lowest BCUT2D eigenvalue weighted by molar-refractivity contribution is -0.142. The smallest absolute Gasteiger partial charge is 0.310 e. The first kappa shape index (κ1) is 14.0. The van der Waals surface area contributed by atoms with Crippen LogP contribution in [0.2, 0.25) is 0 Å². The van der Waals surface area contributed by atoms with Crippen molar-refractivity contribution in [3.63, 3.8) is 0 Å². The Kier molecular flexibility index (Phi) is 4.11. The minimum atomic E-state index is -0.175. The maximum Gasteiger partial charge on any atom is 0.310 e. The van der Waals surface area contributed by atoms with E-state index in [-0.39, 0.29) is 5.97 Å². The number of benzene rings is 2. The van der Waals surface area contributed by atoms with Crippen LogP contribution in [0.3, 0.4) is 0 Å². The fourth-order valence-corrected chi connectivity index (χ4v) is 3.34. The first-order valence-electron chi connectivity index (χ1n) is 7.00. The van der Waals surface area contributed by atoms with E-state index in [9.17, 15) is 4.79 Å². The summed E-state index contributed by atoms with van der Waals surface area (Å²) >= 11 is 1.76. The molecule has 2 aromatic carbocycles. The van der Waals surface area contributed by atoms with Gasteiger partial charge in [-0.2, -0.15) is 0 Å². The van der Waals surface area contributed by atoms with Crippen LogP contribution >= 0.6 is 11.8 Å². The number of fused-ring (bicyclic) bond motifs is 2. The van der Waals surface area contributed by atoms with Gasteiger partial charge in [-0.1, -0.05) is 54.2 Å². The van der Waals surface area contributed by atoms with Gasteiger partial charge in [0, 0.05) is 9.79 Å². The Balaban J connectivity index is 1.88. The fraction of sp³-hybridized carbons (Fsp3) is 0.167. The Morgan fingerprint density at radius 1 is 1.05 bits per heavy atom. The molecule has 0 saturated carbocycles. The van der Waals surface area contributed by atoms with Crippen LogP contribution < -0.4 is 0 Å². The van der Waals surface area contributed by atoms with E-state index < -0.39 is 0 Å². The molecule has 2 aromatic rings. The van der Waals surface area contributed by atoms with Crippen LogP contribution in [0.15, 0.2) is 52.3 Å². The number of ether oxygens (including phenoxy) is 1. The molecule has 2 nitrogen and oxygen atoms in total. The molecule has 1 heterocycles. The molecule has 0 saturated heterocycles. The van der Waals surface area contributed by atoms with Gasteiger partial charge in [-0.3, -0.25) is 4.79 Å². The van der Waals surface area contributed by atoms with Crippen LogP contribution in [-0.2, 0) is 16.0 Å². The molecule has 0 N–H and O–H groups in total. The second kappa shape index (κ2) is 6.19. The van der Waals surface area contributed by atoms with Gasteiger partial charge in [0.2, 0.25) is 0 Å². The summed E-state index contributed by atoms with van der Waals surface area (Å²) in [6.07, 6.45) is 4.57. The van der Waals surface area contributed by atoms with Crippen molar-refractivity contribution in [1.29, 1.82) is 0 Å². The molecule has 0 radical (unpaired) electrons. The maximum atomic E-state index is 11.6. The normalized spacial score (nSPS) is 12.2. The third-order valence-electron chi connectivity index (χ3n) is 3.31. The summed E-state index contributed by atoms with van der Waals surface area (Å²) in [6.45, 7) is 2.25. The van der Waals surface area contributed by atoms with E-state index in [4.69, 9.17) is 4.74 Å². The minimum absolute atomic E-state index is 0.175. The molecule has 0 spiro atoms. The first-order chi connectivity index (χ1) is 10.3. The third kappa shape index (κ3) is 3.19. The van der Waals surface area contributed by atoms with Gasteiger partial charge in [-0.15, -0.1) is 0 Å². The van der Waals surface area contributed by atoms with E-state index in [1.807, 2.05) is 19.1 Å². The van der Waals surface area contributed by atoms with Gasteiger partial charge >= 0.3 is 5.97 Å². The van der Waals surface area contributed by atoms with Gasteiger partial charge in [0.1, 0.15) is 0 Å². The van der Waals surface area contributed by atoms with E-state index in [0.29, 0.717) is 13.0 Å². The predicted molar refractivity (Wildman–Crippen MR) is 86.3 cm³/mol. The Morgan fingerprint density at radius 3 is 2.67 bits per heavy atom. The van der Waals surface area contributed by atoms with Crippen molar-refractivity contribution >= 4 is 29.9 Å². The van der Waals surface area contributed by atoms with Crippen molar-refractivity contribution in [1.82, 2.24) is 0 Å². The molecular formula is C18H16O2S. The molecule has 0 amide bonds. The number of hydrogen-bond acceptors (Lipinski definition) is 3. The van der Waals surface area contributed by atoms with E-state index >= 15 is 0 Å². The minimum Gasteiger partial charge on any atom is -0.466 e. The number of esters is 1. The predicted octanol–water partition coefficient (Wildman–Crippen LogP) is 4.43. The molecule has 21 heavy (non-hydrogen) atoms. The zero-order valence-electron chi connectivity index (χ0n) is 11.8. The van der Waals surface area contributed by atoms with E-state index in [2.05, 4.69) is 42.5 Å². The Labute approximate surface area is 128 Å². The zero-order valence-corrected chi connectivity index (χ0v) is 12.7. The highest BCUT2D eigenvalue weighted by molar-refractivity contribution is 7.99. The average Bonchev–Trinajstić information content (AvgIpc) is 2.66. The quantitative estimate of drug-likeness (QED) is 0.669. The summed E-state index contributed by atoms with van der Waals surface area (Å²) in [4.78, 5) is 14.0. The SMILES string of the molecule is CCOC(=O)Cc1ccc2c(c1)C=Cc1ccccc1S2. The summed E-state index contributed by atoms with van der Waals surface area (Å²) in [5, 5.41) is 0. The molecule has 0 fully saturated rings. The van der Waals surface area contributed by atoms with E-state index in [1.54, 1.807) is 11.8 Å². The Hall–Kier alpha value is -2.00. The molecule has 0 atom stereocenters. The highest BCUT2D eigenvalue weighted by atomic mass is 32.2. The lowest BCUT2D eigenvalue weighted by Crippen LogP contribution is -2.07. The maximum absolute atomic E-state index is 11.6. The van der Waals surface area contributed by atoms with Crippen LogP contribution in [0, 0.1) is 0 Å². The van der Waals surface area contributed by atoms with Crippen molar-refractivity contribution in [2.75, 3.05) is 6.61 Å². The monoisotopic (exact) mass is 296 g/mol. The molecular weight excluding hydrogens is 280 g/mol. The Bertz CT molecular complexity index is 704. The highest BCUT2D eigenvalue weighted by Crippen LogP contribution is 2.37. The molecule has 0 aromatic heterocycles. The van der Waals surface area contributed by atoms with Crippen molar-refractivity contribution in [3.8, 4) is 0 Å². The number of carbonyl (C=O) groups is 1. The molecule has 1 aliphatic rings. The van der Waals surface area contributed by atoms with Crippen LogP contribution in [-0.4, -0.2) is 12.6 Å². The van der Waals surface area contributed by atoms with Crippen molar-refractivity contribution < 1.29 is 9.53 Å². The molecule has 0 bridgehead atoms. The van der Waals surface area contributed by atoms with Crippen LogP contribution in [0.4, 0.5) is 0 Å². The lowest BCUT2D eigenvalue weighted by Gasteiger charge is -2.08. The van der Waals surface area contributed by atoms with Crippen molar-refractivity contribution in [2.24, 2.45) is 0 Å². The number of carbonyl (C=O) groups excluding carboxylic acids is 1. The first-order valence-corrected chi connectivity index (χ1v) is 7.81. The van der Waals surface area contributed by atoms with E-state index in [1.165, 1.54) is 15.4 Å². The summed E-state index contributed by atoms with van der Waals surface area (Å²) in [6, 6.07) is 14.5. The third-order valence-corrected chi connectivity index (χ3v) is 4.49. The summed E-state index contributed by atoms with van der Waals surface area (Å²) in [5.74, 6) is -0.175. The van der Waals surface area contributed by atoms with E-state index in [0.717, 1.165) is 11.1 Å². The van der Waals surface area contributed by atoms with Gasteiger partial charge in [0.15, 0.2) is 0 Å². The molecule has 3 heteroatoms.